The summed E-state index contributed by atoms with van der Waals surface area (Å²) >= 11 is 0. The van der Waals surface area contributed by atoms with Gasteiger partial charge in [-0.1, -0.05) is 12.0 Å². The Kier molecular flexibility index (Phi) is 9.88. The van der Waals surface area contributed by atoms with Gasteiger partial charge in [0.25, 0.3) is 5.91 Å². The van der Waals surface area contributed by atoms with Gasteiger partial charge in [-0.05, 0) is 108 Å². The summed E-state index contributed by atoms with van der Waals surface area (Å²) in [6.07, 6.45) is 7.45. The molecular formula is C38H43N9O. The molecule has 0 unspecified atom stereocenters. The second-order valence-corrected chi connectivity index (χ2v) is 13.2. The molecule has 0 saturated heterocycles. The molecular weight excluding hydrogens is 598 g/mol. The third-order valence-electron chi connectivity index (χ3n) is 8.27. The Hall–Kier alpha value is -5.58. The molecule has 3 heterocycles. The van der Waals surface area contributed by atoms with Gasteiger partial charge in [0.2, 0.25) is 0 Å². The third-order valence-corrected chi connectivity index (χ3v) is 8.27. The van der Waals surface area contributed by atoms with Gasteiger partial charge in [0, 0.05) is 61.1 Å². The molecule has 0 aliphatic rings. The number of carbonyl (C=O) groups excluding carboxylic acids is 1. The lowest BCUT2D eigenvalue weighted by atomic mass is 9.85. The number of amides is 1. The predicted molar refractivity (Wildman–Crippen MR) is 193 cm³/mol. The average Bonchev–Trinajstić information content (AvgIpc) is 3.71. The molecule has 0 fully saturated rings. The second-order valence-electron chi connectivity index (χ2n) is 13.2. The summed E-state index contributed by atoms with van der Waals surface area (Å²) in [5.41, 5.74) is 7.07. The predicted octanol–water partition coefficient (Wildman–Crippen LogP) is 6.61. The zero-order valence-electron chi connectivity index (χ0n) is 29.0. The summed E-state index contributed by atoms with van der Waals surface area (Å²) in [5, 5.41) is 20.7. The first-order valence-corrected chi connectivity index (χ1v) is 16.0. The number of nitrogens with one attached hydrogen (secondary N) is 2. The minimum Gasteiger partial charge on any atom is -0.373 e. The van der Waals surface area contributed by atoms with Crippen molar-refractivity contribution in [2.75, 3.05) is 49.8 Å². The number of imidazole rings is 1. The largest absolute Gasteiger partial charge is 0.373 e. The molecule has 10 heteroatoms. The van der Waals surface area contributed by atoms with Crippen LogP contribution in [0.2, 0.25) is 0 Å². The molecule has 0 saturated carbocycles. The number of carbonyl (C=O) groups is 1. The first kappa shape index (κ1) is 33.8. The number of aromatic nitrogens is 4. The maximum absolute atomic E-state index is 13.6. The number of likely N-dealkylation sites (N-methyl/N-ethyl adjacent to an activating group) is 2. The number of hydrogen-bond donors (Lipinski definition) is 2. The van der Waals surface area contributed by atoms with Gasteiger partial charge >= 0.3 is 0 Å². The molecule has 0 aliphatic carbocycles. The SMILES string of the molecule is Cc1ccc(C(=O)Nc2cc(N(C)CCN(C)C)cc(C(C)(C)C#N)c2)cc1C#Cc1cnc2c(Nc3cnn(C(C)C)c3)cccn12. The van der Waals surface area contributed by atoms with Gasteiger partial charge in [-0.3, -0.25) is 13.9 Å². The van der Waals surface area contributed by atoms with E-state index in [1.54, 1.807) is 18.5 Å². The van der Waals surface area contributed by atoms with Gasteiger partial charge < -0.3 is 20.4 Å². The molecule has 3 aromatic heterocycles. The highest BCUT2D eigenvalue weighted by atomic mass is 16.1. The van der Waals surface area contributed by atoms with Crippen molar-refractivity contribution < 1.29 is 4.79 Å². The van der Waals surface area contributed by atoms with Crippen LogP contribution in [0.15, 0.2) is 73.3 Å². The molecule has 5 aromatic rings. The van der Waals surface area contributed by atoms with Crippen molar-refractivity contribution in [2.24, 2.45) is 0 Å². The monoisotopic (exact) mass is 641 g/mol. The number of benzene rings is 2. The maximum atomic E-state index is 13.6. The molecule has 0 aliphatic heterocycles. The molecule has 2 aromatic carbocycles. The van der Waals surface area contributed by atoms with Crippen LogP contribution < -0.4 is 15.5 Å². The molecule has 48 heavy (non-hydrogen) atoms. The summed E-state index contributed by atoms with van der Waals surface area (Å²) in [6.45, 7) is 11.6. The summed E-state index contributed by atoms with van der Waals surface area (Å²) in [6, 6.07) is 17.9. The van der Waals surface area contributed by atoms with E-state index in [9.17, 15) is 10.1 Å². The Labute approximate surface area is 283 Å². The zero-order chi connectivity index (χ0) is 34.6. The number of aryl methyl sites for hydroxylation is 1. The molecule has 5 rings (SSSR count). The number of fused-ring (bicyclic) bond motifs is 1. The number of nitriles is 1. The smallest absolute Gasteiger partial charge is 0.255 e. The van der Waals surface area contributed by atoms with E-state index in [2.05, 4.69) is 62.3 Å². The molecule has 2 N–H and O–H groups in total. The fourth-order valence-corrected chi connectivity index (χ4v) is 5.08. The van der Waals surface area contributed by atoms with Crippen molar-refractivity contribution in [3.63, 3.8) is 0 Å². The number of anilines is 4. The highest BCUT2D eigenvalue weighted by Crippen LogP contribution is 2.31. The lowest BCUT2D eigenvalue weighted by Crippen LogP contribution is -2.29. The van der Waals surface area contributed by atoms with E-state index in [4.69, 9.17) is 0 Å². The first-order valence-electron chi connectivity index (χ1n) is 16.0. The van der Waals surface area contributed by atoms with Crippen molar-refractivity contribution in [3.05, 3.63) is 101 Å². The number of rotatable bonds is 10. The van der Waals surface area contributed by atoms with Gasteiger partial charge in [0.1, 0.15) is 5.69 Å². The van der Waals surface area contributed by atoms with E-state index >= 15 is 0 Å². The third kappa shape index (κ3) is 7.68. The fraction of sp³-hybridized carbons (Fsp3) is 0.316. The van der Waals surface area contributed by atoms with Crippen LogP contribution in [0.5, 0.6) is 0 Å². The van der Waals surface area contributed by atoms with Crippen LogP contribution in [0.25, 0.3) is 5.65 Å². The van der Waals surface area contributed by atoms with E-state index in [0.29, 0.717) is 11.3 Å². The van der Waals surface area contributed by atoms with Crippen molar-refractivity contribution in [2.45, 2.75) is 46.1 Å². The van der Waals surface area contributed by atoms with Crippen LogP contribution in [-0.4, -0.2) is 64.2 Å². The van der Waals surface area contributed by atoms with Crippen LogP contribution in [0.1, 0.15) is 66.5 Å². The molecule has 10 nitrogen and oxygen atoms in total. The Morgan fingerprint density at radius 1 is 1.02 bits per heavy atom. The Morgan fingerprint density at radius 3 is 2.52 bits per heavy atom. The average molecular weight is 642 g/mol. The van der Waals surface area contributed by atoms with Crippen LogP contribution in [0, 0.1) is 30.1 Å². The Balaban J connectivity index is 1.39. The zero-order valence-corrected chi connectivity index (χ0v) is 29.0. The van der Waals surface area contributed by atoms with Gasteiger partial charge in [-0.2, -0.15) is 10.4 Å². The normalized spacial score (nSPS) is 11.4. The fourth-order valence-electron chi connectivity index (χ4n) is 5.08. The highest BCUT2D eigenvalue weighted by Gasteiger charge is 2.22. The van der Waals surface area contributed by atoms with E-state index in [1.165, 1.54) is 0 Å². The summed E-state index contributed by atoms with van der Waals surface area (Å²) in [4.78, 5) is 22.5. The number of hydrogen-bond acceptors (Lipinski definition) is 7. The van der Waals surface area contributed by atoms with Gasteiger partial charge in [0.15, 0.2) is 5.65 Å². The second kappa shape index (κ2) is 14.0. The van der Waals surface area contributed by atoms with E-state index in [1.807, 2.05) is 106 Å². The van der Waals surface area contributed by atoms with Crippen molar-refractivity contribution in [1.29, 1.82) is 5.26 Å². The summed E-state index contributed by atoms with van der Waals surface area (Å²) in [7, 11) is 6.08. The van der Waals surface area contributed by atoms with Gasteiger partial charge in [-0.15, -0.1) is 0 Å². The molecule has 0 bridgehead atoms. The van der Waals surface area contributed by atoms with E-state index < -0.39 is 5.41 Å². The lowest BCUT2D eigenvalue weighted by molar-refractivity contribution is 0.102. The van der Waals surface area contributed by atoms with Crippen molar-refractivity contribution >= 4 is 34.3 Å². The van der Waals surface area contributed by atoms with Crippen LogP contribution >= 0.6 is 0 Å². The van der Waals surface area contributed by atoms with Crippen LogP contribution in [0.3, 0.4) is 0 Å². The quantitative estimate of drug-likeness (QED) is 0.165. The Bertz CT molecular complexity index is 2050. The molecule has 0 atom stereocenters. The Morgan fingerprint density at radius 2 is 1.81 bits per heavy atom. The topological polar surface area (TPSA) is 107 Å². The maximum Gasteiger partial charge on any atom is 0.255 e. The minimum atomic E-state index is -0.726. The lowest BCUT2D eigenvalue weighted by Gasteiger charge is -2.25. The summed E-state index contributed by atoms with van der Waals surface area (Å²) < 4.78 is 3.84. The first-order chi connectivity index (χ1) is 22.8. The minimum absolute atomic E-state index is 0.252. The molecule has 0 radical (unpaired) electrons. The number of pyridine rings is 1. The van der Waals surface area contributed by atoms with Gasteiger partial charge in [0.05, 0.1) is 35.3 Å². The van der Waals surface area contributed by atoms with Gasteiger partial charge in [-0.25, -0.2) is 4.98 Å². The van der Waals surface area contributed by atoms with Crippen molar-refractivity contribution in [3.8, 4) is 17.9 Å². The van der Waals surface area contributed by atoms with Crippen molar-refractivity contribution in [1.82, 2.24) is 24.1 Å². The standard InChI is InChI=1S/C38H43N9O/c1-26(2)47-24-32(22-41-47)42-35-10-9-15-46-33(23-40-36(35)46)14-13-28-18-29(12-11-27(28)3)37(48)43-31-19-30(38(4,5)25-39)20-34(21-31)45(8)17-16-44(6)7/h9-12,15,18-24,26,42H,16-17H2,1-8H3,(H,43,48). The summed E-state index contributed by atoms with van der Waals surface area (Å²) in [5.74, 6) is 6.27. The molecule has 1 amide bonds. The molecule has 246 valence electrons. The highest BCUT2D eigenvalue weighted by molar-refractivity contribution is 6.05. The van der Waals surface area contributed by atoms with E-state index in [0.717, 1.165) is 58.2 Å². The number of nitrogens with zero attached hydrogens (tertiary/aromatic N) is 7. The van der Waals surface area contributed by atoms with E-state index in [-0.39, 0.29) is 11.9 Å². The van der Waals surface area contributed by atoms with Crippen LogP contribution in [0.4, 0.5) is 22.7 Å². The molecule has 0 spiro atoms. The van der Waals surface area contributed by atoms with Crippen LogP contribution in [-0.2, 0) is 5.41 Å².